The fourth-order valence-corrected chi connectivity index (χ4v) is 5.38. The van der Waals surface area contributed by atoms with Crippen molar-refractivity contribution in [3.8, 4) is 5.75 Å². The van der Waals surface area contributed by atoms with Gasteiger partial charge >= 0.3 is 0 Å². The van der Waals surface area contributed by atoms with E-state index in [1.807, 2.05) is 25.1 Å². The lowest BCUT2D eigenvalue weighted by Gasteiger charge is -2.27. The van der Waals surface area contributed by atoms with Crippen molar-refractivity contribution in [1.29, 1.82) is 0 Å². The monoisotopic (exact) mass is 536 g/mol. The molecule has 0 fully saturated rings. The smallest absolute Gasteiger partial charge is 0.224 e. The number of benzene rings is 1. The molecule has 8 nitrogen and oxygen atoms in total. The van der Waals surface area contributed by atoms with E-state index in [1.54, 1.807) is 26.0 Å². The summed E-state index contributed by atoms with van der Waals surface area (Å²) in [4.78, 5) is 25.4. The van der Waals surface area contributed by atoms with Crippen LogP contribution in [0.4, 0.5) is 0 Å². The van der Waals surface area contributed by atoms with Crippen LogP contribution in [0.1, 0.15) is 52.0 Å². The molecule has 1 aromatic rings. The van der Waals surface area contributed by atoms with Crippen LogP contribution in [-0.2, 0) is 25.8 Å². The maximum absolute atomic E-state index is 13.0. The van der Waals surface area contributed by atoms with Gasteiger partial charge in [-0.15, -0.1) is 6.58 Å². The van der Waals surface area contributed by atoms with Crippen LogP contribution in [0.3, 0.4) is 0 Å². The van der Waals surface area contributed by atoms with Gasteiger partial charge in [0.1, 0.15) is 12.4 Å². The minimum Gasteiger partial charge on any atom is -0.490 e. The summed E-state index contributed by atoms with van der Waals surface area (Å²) in [5, 5.41) is 16.8. The third-order valence-electron chi connectivity index (χ3n) is 5.97. The van der Waals surface area contributed by atoms with E-state index in [9.17, 15) is 23.1 Å². The number of carbonyl (C=O) groups excluding carboxylic acids is 2. The summed E-state index contributed by atoms with van der Waals surface area (Å²) in [6.07, 6.45) is 4.71. The zero-order chi connectivity index (χ0) is 27.8. The molecule has 0 aromatic heterocycles. The number of aliphatic hydroxyl groups excluding tert-OH is 1. The van der Waals surface area contributed by atoms with Crippen LogP contribution in [0, 0.1) is 11.8 Å². The first-order valence-corrected chi connectivity index (χ1v) is 14.7. The number of sulfone groups is 1. The molecule has 2 amide bonds. The number of rotatable bonds is 19. The van der Waals surface area contributed by atoms with E-state index in [0.717, 1.165) is 18.4 Å². The van der Waals surface area contributed by atoms with Crippen molar-refractivity contribution >= 4 is 21.7 Å². The summed E-state index contributed by atoms with van der Waals surface area (Å²) < 4.78 is 30.2. The van der Waals surface area contributed by atoms with Crippen molar-refractivity contribution in [2.24, 2.45) is 11.8 Å². The Kier molecular flexibility index (Phi) is 14.9. The van der Waals surface area contributed by atoms with Gasteiger partial charge in [0.15, 0.2) is 9.84 Å². The first-order chi connectivity index (χ1) is 17.5. The van der Waals surface area contributed by atoms with Crippen LogP contribution in [0.2, 0.25) is 0 Å². The first kappa shape index (κ1) is 32.4. The van der Waals surface area contributed by atoms with Gasteiger partial charge in [-0.1, -0.05) is 58.1 Å². The normalized spacial score (nSPS) is 14.6. The zero-order valence-corrected chi connectivity index (χ0v) is 23.3. The molecule has 3 N–H and O–H groups in total. The van der Waals surface area contributed by atoms with Crippen LogP contribution >= 0.6 is 0 Å². The van der Waals surface area contributed by atoms with E-state index in [-0.39, 0.29) is 30.3 Å². The van der Waals surface area contributed by atoms with Crippen LogP contribution in [0.25, 0.3) is 0 Å². The standard InChI is InChI=1S/C28H44N2O6S/c1-6-9-14-29-27(32)21(4)17-26(31)25(19-23-12-11-13-24(18-23)36-15-8-3)30-28(33)22(5)20-37(34,35)16-10-7-2/h7-8,11-13,18,21-22,25-26,31H,2-3,6,9-10,14-17,19-20H2,1,4-5H3,(H,29,32)(H,30,33)/t21-,22-,25+,26+/m1/s1. The van der Waals surface area contributed by atoms with Gasteiger partial charge in [-0.2, -0.15) is 0 Å². The number of allylic oxidation sites excluding steroid dienone is 1. The lowest BCUT2D eigenvalue weighted by molar-refractivity contribution is -0.126. The van der Waals surface area contributed by atoms with Crippen LogP contribution in [0.5, 0.6) is 5.75 Å². The van der Waals surface area contributed by atoms with Crippen molar-refractivity contribution in [1.82, 2.24) is 10.6 Å². The highest BCUT2D eigenvalue weighted by Gasteiger charge is 2.29. The molecule has 0 unspecified atom stereocenters. The Morgan fingerprint density at radius 2 is 1.86 bits per heavy atom. The fraction of sp³-hybridized carbons (Fsp3) is 0.571. The molecule has 0 spiro atoms. The molecule has 0 saturated carbocycles. The number of unbranched alkanes of at least 4 members (excludes halogenated alkanes) is 1. The Labute approximate surface area is 222 Å². The second-order valence-electron chi connectivity index (χ2n) is 9.51. The summed E-state index contributed by atoms with van der Waals surface area (Å²) in [6, 6.07) is 6.57. The largest absolute Gasteiger partial charge is 0.490 e. The SMILES string of the molecule is C=CCCS(=O)(=O)C[C@@H](C)C(=O)N[C@@H](Cc1cccc(OCC=C)c1)[C@@H](O)C[C@@H](C)C(=O)NCCCC. The molecule has 0 aliphatic carbocycles. The predicted octanol–water partition coefficient (Wildman–Crippen LogP) is 3.21. The maximum Gasteiger partial charge on any atom is 0.224 e. The zero-order valence-electron chi connectivity index (χ0n) is 22.4. The highest BCUT2D eigenvalue weighted by Crippen LogP contribution is 2.19. The van der Waals surface area contributed by atoms with Crippen molar-refractivity contribution in [3.63, 3.8) is 0 Å². The van der Waals surface area contributed by atoms with Gasteiger partial charge in [0.05, 0.1) is 23.7 Å². The van der Waals surface area contributed by atoms with E-state index in [2.05, 4.69) is 23.8 Å². The van der Waals surface area contributed by atoms with Gasteiger partial charge in [0, 0.05) is 18.4 Å². The average Bonchev–Trinajstić information content (AvgIpc) is 2.85. The van der Waals surface area contributed by atoms with Gasteiger partial charge in [-0.3, -0.25) is 9.59 Å². The van der Waals surface area contributed by atoms with Gasteiger partial charge in [0.25, 0.3) is 0 Å². The Bertz CT molecular complexity index is 979. The maximum atomic E-state index is 13.0. The van der Waals surface area contributed by atoms with Crippen molar-refractivity contribution in [3.05, 3.63) is 55.1 Å². The third-order valence-corrected chi connectivity index (χ3v) is 7.84. The fourth-order valence-electron chi connectivity index (χ4n) is 3.78. The Morgan fingerprint density at radius 3 is 2.51 bits per heavy atom. The summed E-state index contributed by atoms with van der Waals surface area (Å²) >= 11 is 0. The number of amides is 2. The lowest BCUT2D eigenvalue weighted by Crippen LogP contribution is -2.48. The van der Waals surface area contributed by atoms with E-state index >= 15 is 0 Å². The number of hydrogen-bond acceptors (Lipinski definition) is 6. The molecular weight excluding hydrogens is 492 g/mol. The molecule has 37 heavy (non-hydrogen) atoms. The first-order valence-electron chi connectivity index (χ1n) is 12.9. The third kappa shape index (κ3) is 12.9. The molecule has 4 atom stereocenters. The van der Waals surface area contributed by atoms with Crippen LogP contribution in [-0.4, -0.2) is 62.1 Å². The second kappa shape index (κ2) is 17.0. The summed E-state index contributed by atoms with van der Waals surface area (Å²) in [5.74, 6) is -1.63. The number of ether oxygens (including phenoxy) is 1. The van der Waals surface area contributed by atoms with E-state index in [1.165, 1.54) is 6.08 Å². The quantitative estimate of drug-likeness (QED) is 0.184. The molecule has 0 heterocycles. The van der Waals surface area contributed by atoms with Crippen molar-refractivity contribution < 1.29 is 27.9 Å². The van der Waals surface area contributed by atoms with E-state index < -0.39 is 39.7 Å². The van der Waals surface area contributed by atoms with Crippen LogP contribution in [0.15, 0.2) is 49.6 Å². The molecule has 0 aliphatic heterocycles. The summed E-state index contributed by atoms with van der Waals surface area (Å²) in [5.41, 5.74) is 0.817. The molecule has 0 radical (unpaired) electrons. The van der Waals surface area contributed by atoms with Crippen molar-refractivity contribution in [2.75, 3.05) is 24.7 Å². The lowest BCUT2D eigenvalue weighted by atomic mass is 9.93. The van der Waals surface area contributed by atoms with Crippen molar-refractivity contribution in [2.45, 2.75) is 65.0 Å². The Hall–Kier alpha value is -2.65. The second-order valence-corrected chi connectivity index (χ2v) is 11.7. The summed E-state index contributed by atoms with van der Waals surface area (Å²) in [7, 11) is -3.43. The molecule has 1 rings (SSSR count). The molecule has 1 aromatic carbocycles. The van der Waals surface area contributed by atoms with Gasteiger partial charge in [-0.25, -0.2) is 8.42 Å². The molecule has 9 heteroatoms. The summed E-state index contributed by atoms with van der Waals surface area (Å²) in [6.45, 7) is 13.4. The topological polar surface area (TPSA) is 122 Å². The molecular formula is C28H44N2O6S. The van der Waals surface area contributed by atoms with E-state index in [4.69, 9.17) is 4.74 Å². The molecule has 0 bridgehead atoms. The highest BCUT2D eigenvalue weighted by molar-refractivity contribution is 7.91. The van der Waals surface area contributed by atoms with E-state index in [0.29, 0.717) is 25.3 Å². The van der Waals surface area contributed by atoms with Gasteiger partial charge in [-0.05, 0) is 43.4 Å². The predicted molar refractivity (Wildman–Crippen MR) is 148 cm³/mol. The minimum atomic E-state index is -3.43. The number of aliphatic hydroxyl groups is 1. The minimum absolute atomic E-state index is 0.0671. The highest BCUT2D eigenvalue weighted by atomic mass is 32.2. The molecule has 208 valence electrons. The average molecular weight is 537 g/mol. The molecule has 0 saturated heterocycles. The number of nitrogens with one attached hydrogen (secondary N) is 2. The number of carbonyl (C=O) groups is 2. The number of hydrogen-bond donors (Lipinski definition) is 3. The Morgan fingerprint density at radius 1 is 1.14 bits per heavy atom. The molecule has 0 aliphatic rings. The van der Waals surface area contributed by atoms with Crippen LogP contribution < -0.4 is 15.4 Å². The van der Waals surface area contributed by atoms with Gasteiger partial charge < -0.3 is 20.5 Å². The van der Waals surface area contributed by atoms with Gasteiger partial charge in [0.2, 0.25) is 11.8 Å². The Balaban J connectivity index is 3.01.